The normalized spacial score (nSPS) is 20.1. The highest BCUT2D eigenvalue weighted by molar-refractivity contribution is 7.11. The molecule has 1 atom stereocenters. The summed E-state index contributed by atoms with van der Waals surface area (Å²) >= 11 is 1.57. The van der Waals surface area contributed by atoms with Crippen molar-refractivity contribution in [1.82, 2.24) is 9.69 Å². The van der Waals surface area contributed by atoms with E-state index >= 15 is 0 Å². The summed E-state index contributed by atoms with van der Waals surface area (Å²) in [7, 11) is 0. The van der Waals surface area contributed by atoms with E-state index in [0.717, 1.165) is 18.0 Å². The van der Waals surface area contributed by atoms with Crippen molar-refractivity contribution in [3.8, 4) is 0 Å². The minimum Gasteiger partial charge on any atom is -0.375 e. The van der Waals surface area contributed by atoms with E-state index in [1.807, 2.05) is 6.07 Å². The first-order chi connectivity index (χ1) is 8.93. The summed E-state index contributed by atoms with van der Waals surface area (Å²) in [5, 5.41) is 9.48. The van der Waals surface area contributed by atoms with E-state index in [-0.39, 0.29) is 0 Å². The second kappa shape index (κ2) is 5.67. The van der Waals surface area contributed by atoms with Crippen LogP contribution < -0.4 is 10.6 Å². The molecule has 2 heterocycles. The lowest BCUT2D eigenvalue weighted by Crippen LogP contribution is -2.30. The molecule has 0 amide bonds. The van der Waals surface area contributed by atoms with Crippen LogP contribution in [0.15, 0.2) is 24.3 Å². The molecule has 1 aromatic carbocycles. The number of nitrogens with one attached hydrogen (secondary N) is 2. The fourth-order valence-corrected chi connectivity index (χ4v) is 3.36. The lowest BCUT2D eigenvalue weighted by atomic mass is 9.96. The van der Waals surface area contributed by atoms with Gasteiger partial charge in [0.15, 0.2) is 0 Å². The van der Waals surface area contributed by atoms with Crippen molar-refractivity contribution in [2.45, 2.75) is 19.3 Å². The van der Waals surface area contributed by atoms with E-state index in [2.05, 4.69) is 33.2 Å². The van der Waals surface area contributed by atoms with Gasteiger partial charge in [-0.3, -0.25) is 0 Å². The standard InChI is InChI=1S/C14H19N3S/c1-2-6-13-12(5-1)14(18-17-13)16-9-7-11-4-3-8-15-10-11/h1-2,5-6,11,15-16H,3-4,7-10H2. The van der Waals surface area contributed by atoms with Gasteiger partial charge in [-0.15, -0.1) is 0 Å². The maximum Gasteiger partial charge on any atom is 0.117 e. The van der Waals surface area contributed by atoms with Gasteiger partial charge >= 0.3 is 0 Å². The predicted molar refractivity (Wildman–Crippen MR) is 78.3 cm³/mol. The molecule has 1 unspecified atom stereocenters. The number of rotatable bonds is 4. The highest BCUT2D eigenvalue weighted by Crippen LogP contribution is 2.27. The molecule has 0 radical (unpaired) electrons. The Morgan fingerprint density at radius 2 is 2.33 bits per heavy atom. The molecule has 1 aliphatic rings. The van der Waals surface area contributed by atoms with Gasteiger partial charge in [-0.25, -0.2) is 0 Å². The van der Waals surface area contributed by atoms with Crippen LogP contribution in [0.4, 0.5) is 5.00 Å². The lowest BCUT2D eigenvalue weighted by Gasteiger charge is -2.22. The maximum atomic E-state index is 4.45. The monoisotopic (exact) mass is 261 g/mol. The third-order valence-electron chi connectivity index (χ3n) is 3.62. The number of hydrogen-bond acceptors (Lipinski definition) is 4. The third kappa shape index (κ3) is 2.65. The first kappa shape index (κ1) is 11.9. The first-order valence-electron chi connectivity index (χ1n) is 6.72. The molecule has 2 N–H and O–H groups in total. The van der Waals surface area contributed by atoms with Crippen molar-refractivity contribution in [3.05, 3.63) is 24.3 Å². The minimum absolute atomic E-state index is 0.838. The molecule has 0 aliphatic carbocycles. The van der Waals surface area contributed by atoms with Gasteiger partial charge in [0.1, 0.15) is 5.00 Å². The van der Waals surface area contributed by atoms with Gasteiger partial charge in [-0.05, 0) is 61.9 Å². The van der Waals surface area contributed by atoms with E-state index in [4.69, 9.17) is 0 Å². The third-order valence-corrected chi connectivity index (χ3v) is 4.46. The molecular formula is C14H19N3S. The van der Waals surface area contributed by atoms with Gasteiger partial charge < -0.3 is 10.6 Å². The summed E-state index contributed by atoms with van der Waals surface area (Å²) in [4.78, 5) is 0. The van der Waals surface area contributed by atoms with Crippen LogP contribution in [0.1, 0.15) is 19.3 Å². The molecule has 0 spiro atoms. The highest BCUT2D eigenvalue weighted by atomic mass is 32.1. The van der Waals surface area contributed by atoms with Crippen molar-refractivity contribution in [2.75, 3.05) is 25.0 Å². The Bertz CT molecular complexity index is 502. The summed E-state index contributed by atoms with van der Waals surface area (Å²) in [5.41, 5.74) is 1.10. The highest BCUT2D eigenvalue weighted by Gasteiger charge is 2.12. The van der Waals surface area contributed by atoms with Crippen molar-refractivity contribution in [2.24, 2.45) is 5.92 Å². The Balaban J connectivity index is 1.56. The average Bonchev–Trinajstić information content (AvgIpc) is 2.84. The first-order valence-corrected chi connectivity index (χ1v) is 7.50. The van der Waals surface area contributed by atoms with Crippen LogP contribution in [0.5, 0.6) is 0 Å². The molecule has 1 aromatic heterocycles. The number of benzene rings is 1. The van der Waals surface area contributed by atoms with E-state index < -0.39 is 0 Å². The number of anilines is 1. The Hall–Kier alpha value is -1.13. The van der Waals surface area contributed by atoms with Crippen LogP contribution in [0.25, 0.3) is 10.9 Å². The van der Waals surface area contributed by atoms with Crippen LogP contribution >= 0.6 is 11.5 Å². The number of aromatic nitrogens is 1. The van der Waals surface area contributed by atoms with E-state index in [1.54, 1.807) is 11.5 Å². The quantitative estimate of drug-likeness (QED) is 0.888. The Morgan fingerprint density at radius 1 is 1.39 bits per heavy atom. The van der Waals surface area contributed by atoms with E-state index in [1.165, 1.54) is 42.7 Å². The number of piperidine rings is 1. The summed E-state index contributed by atoms with van der Waals surface area (Å²) in [6.07, 6.45) is 3.95. The van der Waals surface area contributed by atoms with Gasteiger partial charge in [0.2, 0.25) is 0 Å². The zero-order valence-corrected chi connectivity index (χ0v) is 11.3. The Labute approximate surface area is 112 Å². The minimum atomic E-state index is 0.838. The van der Waals surface area contributed by atoms with E-state index in [0.29, 0.717) is 0 Å². The molecule has 4 heteroatoms. The molecule has 18 heavy (non-hydrogen) atoms. The average molecular weight is 261 g/mol. The molecule has 0 bridgehead atoms. The van der Waals surface area contributed by atoms with Gasteiger partial charge in [0, 0.05) is 11.9 Å². The number of fused-ring (bicyclic) bond motifs is 1. The van der Waals surface area contributed by atoms with Crippen LogP contribution in [0.2, 0.25) is 0 Å². The van der Waals surface area contributed by atoms with Crippen LogP contribution in [-0.2, 0) is 0 Å². The topological polar surface area (TPSA) is 37.0 Å². The maximum absolute atomic E-state index is 4.45. The summed E-state index contributed by atoms with van der Waals surface area (Å²) in [5.74, 6) is 0.838. The van der Waals surface area contributed by atoms with Crippen LogP contribution in [-0.4, -0.2) is 24.0 Å². The Morgan fingerprint density at radius 3 is 3.22 bits per heavy atom. The zero-order chi connectivity index (χ0) is 12.2. The molecule has 1 fully saturated rings. The molecule has 2 aromatic rings. The second-order valence-electron chi connectivity index (χ2n) is 4.96. The number of hydrogen-bond donors (Lipinski definition) is 2. The second-order valence-corrected chi connectivity index (χ2v) is 5.73. The van der Waals surface area contributed by atoms with Crippen molar-refractivity contribution in [1.29, 1.82) is 0 Å². The molecule has 3 rings (SSSR count). The molecule has 1 saturated heterocycles. The fraction of sp³-hybridized carbons (Fsp3) is 0.500. The molecule has 96 valence electrons. The molecule has 1 aliphatic heterocycles. The van der Waals surface area contributed by atoms with E-state index in [9.17, 15) is 0 Å². The zero-order valence-electron chi connectivity index (χ0n) is 10.5. The van der Waals surface area contributed by atoms with Gasteiger partial charge in [0.05, 0.1) is 5.52 Å². The van der Waals surface area contributed by atoms with Gasteiger partial charge in [-0.2, -0.15) is 4.37 Å². The molecular weight excluding hydrogens is 242 g/mol. The smallest absolute Gasteiger partial charge is 0.117 e. The van der Waals surface area contributed by atoms with Crippen LogP contribution in [0, 0.1) is 5.92 Å². The molecule has 3 nitrogen and oxygen atoms in total. The summed E-state index contributed by atoms with van der Waals surface area (Å²) < 4.78 is 4.45. The van der Waals surface area contributed by atoms with Crippen LogP contribution in [0.3, 0.4) is 0 Å². The van der Waals surface area contributed by atoms with Crippen molar-refractivity contribution in [3.63, 3.8) is 0 Å². The van der Waals surface area contributed by atoms with Crippen molar-refractivity contribution < 1.29 is 0 Å². The fourth-order valence-electron chi connectivity index (χ4n) is 2.58. The number of nitrogens with zero attached hydrogens (tertiary/aromatic N) is 1. The summed E-state index contributed by atoms with van der Waals surface area (Å²) in [6.45, 7) is 3.44. The van der Waals surface area contributed by atoms with Gasteiger partial charge in [0.25, 0.3) is 0 Å². The largest absolute Gasteiger partial charge is 0.375 e. The van der Waals surface area contributed by atoms with Crippen molar-refractivity contribution >= 4 is 27.4 Å². The molecule has 0 saturated carbocycles. The predicted octanol–water partition coefficient (Wildman–Crippen LogP) is 3.10. The van der Waals surface area contributed by atoms with Gasteiger partial charge in [-0.1, -0.05) is 12.1 Å². The lowest BCUT2D eigenvalue weighted by molar-refractivity contribution is 0.365. The summed E-state index contributed by atoms with van der Waals surface area (Å²) in [6, 6.07) is 8.33. The Kier molecular flexibility index (Phi) is 3.76. The SMILES string of the molecule is c1ccc2c(NCCC3CCCNC3)snc2c1.